The lowest BCUT2D eigenvalue weighted by molar-refractivity contribution is -0.133. The standard InChI is InChI=1S/C19H23NO3/c1-12(2)16-10-17-14(11-23-18(17)8-13(16)3)9-19(22)20-6-4-15(21)5-7-20/h8,10-12H,4-7,9H2,1-3H3. The number of hydrogen-bond acceptors (Lipinski definition) is 3. The van der Waals surface area contributed by atoms with E-state index in [4.69, 9.17) is 4.42 Å². The number of likely N-dealkylation sites (tertiary alicyclic amines) is 1. The molecule has 1 fully saturated rings. The number of amides is 1. The number of piperidine rings is 1. The molecule has 0 spiro atoms. The van der Waals surface area contributed by atoms with Gasteiger partial charge in [-0.2, -0.15) is 0 Å². The van der Waals surface area contributed by atoms with Crippen LogP contribution < -0.4 is 0 Å². The Hall–Kier alpha value is -2.10. The van der Waals surface area contributed by atoms with E-state index >= 15 is 0 Å². The number of rotatable bonds is 3. The van der Waals surface area contributed by atoms with Gasteiger partial charge in [-0.15, -0.1) is 0 Å². The first-order valence-corrected chi connectivity index (χ1v) is 8.26. The van der Waals surface area contributed by atoms with E-state index in [2.05, 4.69) is 32.9 Å². The molecule has 1 aliphatic rings. The summed E-state index contributed by atoms with van der Waals surface area (Å²) in [6.07, 6.45) is 2.99. The Morgan fingerprint density at radius 3 is 2.61 bits per heavy atom. The van der Waals surface area contributed by atoms with Crippen LogP contribution in [-0.2, 0) is 16.0 Å². The first kappa shape index (κ1) is 15.8. The average Bonchev–Trinajstić information content (AvgIpc) is 2.88. The van der Waals surface area contributed by atoms with Crippen LogP contribution >= 0.6 is 0 Å². The molecule has 0 N–H and O–H groups in total. The third-order valence-corrected chi connectivity index (χ3v) is 4.68. The monoisotopic (exact) mass is 313 g/mol. The molecule has 3 rings (SSSR count). The predicted molar refractivity (Wildman–Crippen MR) is 89.6 cm³/mol. The number of hydrogen-bond donors (Lipinski definition) is 0. The number of nitrogens with zero attached hydrogens (tertiary/aromatic N) is 1. The highest BCUT2D eigenvalue weighted by atomic mass is 16.3. The van der Waals surface area contributed by atoms with Gasteiger partial charge in [0.05, 0.1) is 12.7 Å². The lowest BCUT2D eigenvalue weighted by Gasteiger charge is -2.25. The second-order valence-corrected chi connectivity index (χ2v) is 6.72. The molecule has 2 heterocycles. The fourth-order valence-corrected chi connectivity index (χ4v) is 3.28. The van der Waals surface area contributed by atoms with Crippen LogP contribution in [0.3, 0.4) is 0 Å². The molecule has 0 unspecified atom stereocenters. The lowest BCUT2D eigenvalue weighted by Crippen LogP contribution is -2.39. The molecule has 4 nitrogen and oxygen atoms in total. The second kappa shape index (κ2) is 6.19. The lowest BCUT2D eigenvalue weighted by atomic mass is 9.95. The number of aryl methyl sites for hydroxylation is 1. The van der Waals surface area contributed by atoms with E-state index in [0.717, 1.165) is 16.5 Å². The summed E-state index contributed by atoms with van der Waals surface area (Å²) >= 11 is 0. The summed E-state index contributed by atoms with van der Waals surface area (Å²) in [5.41, 5.74) is 4.28. The van der Waals surface area contributed by atoms with Gasteiger partial charge in [-0.05, 0) is 36.1 Å². The maximum absolute atomic E-state index is 12.5. The first-order valence-electron chi connectivity index (χ1n) is 8.26. The van der Waals surface area contributed by atoms with Gasteiger partial charge in [0.1, 0.15) is 11.4 Å². The highest BCUT2D eigenvalue weighted by molar-refractivity contribution is 5.89. The van der Waals surface area contributed by atoms with Crippen molar-refractivity contribution >= 4 is 22.7 Å². The number of benzene rings is 1. The summed E-state index contributed by atoms with van der Waals surface area (Å²) in [6, 6.07) is 4.21. The van der Waals surface area contributed by atoms with Crippen molar-refractivity contribution in [2.45, 2.75) is 46.0 Å². The molecule has 1 aromatic heterocycles. The fourth-order valence-electron chi connectivity index (χ4n) is 3.28. The quantitative estimate of drug-likeness (QED) is 0.870. The predicted octanol–water partition coefficient (Wildman–Crippen LogP) is 3.60. The van der Waals surface area contributed by atoms with Crippen LogP contribution in [0.15, 0.2) is 22.8 Å². The van der Waals surface area contributed by atoms with Gasteiger partial charge >= 0.3 is 0 Å². The third-order valence-electron chi connectivity index (χ3n) is 4.68. The van der Waals surface area contributed by atoms with Gasteiger partial charge in [0.2, 0.25) is 5.91 Å². The van der Waals surface area contributed by atoms with Crippen LogP contribution in [0.2, 0.25) is 0 Å². The Balaban J connectivity index is 1.84. The van der Waals surface area contributed by atoms with Crippen LogP contribution in [-0.4, -0.2) is 29.7 Å². The minimum absolute atomic E-state index is 0.0758. The molecule has 0 saturated carbocycles. The van der Waals surface area contributed by atoms with E-state index in [9.17, 15) is 9.59 Å². The van der Waals surface area contributed by atoms with Crippen molar-refractivity contribution in [2.75, 3.05) is 13.1 Å². The number of Topliss-reactive ketones (excluding diaryl/α,β-unsaturated/α-hetero) is 1. The highest BCUT2D eigenvalue weighted by Gasteiger charge is 2.22. The Labute approximate surface area is 136 Å². The molecular formula is C19H23NO3. The van der Waals surface area contributed by atoms with Gasteiger partial charge in [0.15, 0.2) is 0 Å². The van der Waals surface area contributed by atoms with Crippen LogP contribution in [0.25, 0.3) is 11.0 Å². The molecule has 0 radical (unpaired) electrons. The minimum Gasteiger partial charge on any atom is -0.464 e. The molecule has 122 valence electrons. The molecule has 1 amide bonds. The van der Waals surface area contributed by atoms with Crippen LogP contribution in [0, 0.1) is 6.92 Å². The number of carbonyl (C=O) groups is 2. The van der Waals surface area contributed by atoms with Crippen molar-refractivity contribution in [3.8, 4) is 0 Å². The molecular weight excluding hydrogens is 290 g/mol. The van der Waals surface area contributed by atoms with Gasteiger partial charge in [-0.25, -0.2) is 0 Å². The SMILES string of the molecule is Cc1cc2occ(CC(=O)N3CCC(=O)CC3)c2cc1C(C)C. The second-order valence-electron chi connectivity index (χ2n) is 6.72. The van der Waals surface area contributed by atoms with Crippen LogP contribution in [0.5, 0.6) is 0 Å². The van der Waals surface area contributed by atoms with Crippen LogP contribution in [0.1, 0.15) is 49.3 Å². The van der Waals surface area contributed by atoms with E-state index < -0.39 is 0 Å². The molecule has 4 heteroatoms. The van der Waals surface area contributed by atoms with E-state index in [-0.39, 0.29) is 11.7 Å². The summed E-state index contributed by atoms with van der Waals surface area (Å²) in [5.74, 6) is 0.762. The Morgan fingerprint density at radius 1 is 1.26 bits per heavy atom. The van der Waals surface area contributed by atoms with E-state index in [0.29, 0.717) is 38.3 Å². The van der Waals surface area contributed by atoms with Gasteiger partial charge in [-0.3, -0.25) is 9.59 Å². The molecule has 0 bridgehead atoms. The third kappa shape index (κ3) is 3.16. The molecule has 1 saturated heterocycles. The van der Waals surface area contributed by atoms with Gasteiger partial charge in [0.25, 0.3) is 0 Å². The molecule has 23 heavy (non-hydrogen) atoms. The summed E-state index contributed by atoms with van der Waals surface area (Å²) in [7, 11) is 0. The summed E-state index contributed by atoms with van der Waals surface area (Å²) in [6.45, 7) is 7.52. The summed E-state index contributed by atoms with van der Waals surface area (Å²) < 4.78 is 5.65. The Bertz CT molecular complexity index is 747. The number of fused-ring (bicyclic) bond motifs is 1. The Kier molecular flexibility index (Phi) is 4.24. The first-order chi connectivity index (χ1) is 11.0. The summed E-state index contributed by atoms with van der Waals surface area (Å²) in [5, 5.41) is 1.03. The fraction of sp³-hybridized carbons (Fsp3) is 0.474. The van der Waals surface area contributed by atoms with E-state index in [1.165, 1.54) is 11.1 Å². The molecule has 2 aromatic rings. The van der Waals surface area contributed by atoms with Crippen LogP contribution in [0.4, 0.5) is 0 Å². The number of ketones is 1. The molecule has 0 atom stereocenters. The van der Waals surface area contributed by atoms with Crippen molar-refractivity contribution in [3.63, 3.8) is 0 Å². The zero-order valence-electron chi connectivity index (χ0n) is 14.0. The van der Waals surface area contributed by atoms with E-state index in [1.54, 1.807) is 11.2 Å². The van der Waals surface area contributed by atoms with Gasteiger partial charge < -0.3 is 9.32 Å². The minimum atomic E-state index is 0.0758. The van der Waals surface area contributed by atoms with Gasteiger partial charge in [0, 0.05) is 36.9 Å². The van der Waals surface area contributed by atoms with Crippen molar-refractivity contribution in [2.24, 2.45) is 0 Å². The maximum atomic E-state index is 12.5. The Morgan fingerprint density at radius 2 is 1.96 bits per heavy atom. The van der Waals surface area contributed by atoms with Crippen molar-refractivity contribution in [1.82, 2.24) is 4.90 Å². The zero-order valence-corrected chi connectivity index (χ0v) is 14.0. The van der Waals surface area contributed by atoms with E-state index in [1.807, 2.05) is 0 Å². The normalized spacial score (nSPS) is 15.7. The van der Waals surface area contributed by atoms with Gasteiger partial charge in [-0.1, -0.05) is 13.8 Å². The summed E-state index contributed by atoms with van der Waals surface area (Å²) in [4.78, 5) is 25.6. The average molecular weight is 313 g/mol. The molecule has 1 aliphatic heterocycles. The molecule has 1 aromatic carbocycles. The van der Waals surface area contributed by atoms with Crippen molar-refractivity contribution in [1.29, 1.82) is 0 Å². The smallest absolute Gasteiger partial charge is 0.227 e. The maximum Gasteiger partial charge on any atom is 0.227 e. The highest BCUT2D eigenvalue weighted by Crippen LogP contribution is 2.29. The largest absolute Gasteiger partial charge is 0.464 e. The number of furan rings is 1. The number of carbonyl (C=O) groups excluding carboxylic acids is 2. The zero-order chi connectivity index (χ0) is 16.6. The molecule has 0 aliphatic carbocycles. The topological polar surface area (TPSA) is 50.5 Å². The van der Waals surface area contributed by atoms with Crippen molar-refractivity contribution < 1.29 is 14.0 Å². The van der Waals surface area contributed by atoms with Crippen molar-refractivity contribution in [3.05, 3.63) is 35.1 Å².